The molecule has 60 valence electrons. The van der Waals surface area contributed by atoms with Crippen LogP contribution in [0.4, 0.5) is 0 Å². The molecule has 0 aliphatic carbocycles. The van der Waals surface area contributed by atoms with Crippen LogP contribution in [0.25, 0.3) is 0 Å². The lowest BCUT2D eigenvalue weighted by molar-refractivity contribution is 0.475. The molecule has 1 N–H and O–H groups in total. The predicted molar refractivity (Wildman–Crippen MR) is 50.7 cm³/mol. The third-order valence-electron chi connectivity index (χ3n) is 1.42. The van der Waals surface area contributed by atoms with Crippen molar-refractivity contribution in [3.05, 3.63) is 28.8 Å². The van der Waals surface area contributed by atoms with Gasteiger partial charge in [-0.1, -0.05) is 17.7 Å². The SMILES string of the molecule is Oc1ccc(CCS)c(Cl)c1. The van der Waals surface area contributed by atoms with Crippen LogP contribution >= 0.6 is 24.2 Å². The number of rotatable bonds is 2. The minimum Gasteiger partial charge on any atom is -0.508 e. The molecule has 0 radical (unpaired) electrons. The van der Waals surface area contributed by atoms with E-state index in [0.29, 0.717) is 5.02 Å². The fourth-order valence-electron chi connectivity index (χ4n) is 0.859. The average molecular weight is 189 g/mol. The number of hydrogen-bond acceptors (Lipinski definition) is 2. The van der Waals surface area contributed by atoms with Gasteiger partial charge in [-0.2, -0.15) is 12.6 Å². The number of phenolic OH excluding ortho intramolecular Hbond substituents is 1. The van der Waals surface area contributed by atoms with Crippen molar-refractivity contribution in [3.8, 4) is 5.75 Å². The van der Waals surface area contributed by atoms with Crippen LogP contribution in [0.15, 0.2) is 18.2 Å². The molecule has 0 heterocycles. The molecule has 1 aromatic rings. The second-order valence-electron chi connectivity index (χ2n) is 2.25. The van der Waals surface area contributed by atoms with Gasteiger partial charge in [0.25, 0.3) is 0 Å². The van der Waals surface area contributed by atoms with E-state index in [1.165, 1.54) is 0 Å². The normalized spacial score (nSPS) is 10.0. The topological polar surface area (TPSA) is 20.2 Å². The van der Waals surface area contributed by atoms with E-state index >= 15 is 0 Å². The molecule has 0 saturated carbocycles. The molecule has 3 heteroatoms. The minimum atomic E-state index is 0.206. The minimum absolute atomic E-state index is 0.206. The first-order chi connectivity index (χ1) is 5.24. The summed E-state index contributed by atoms with van der Waals surface area (Å²) in [7, 11) is 0. The van der Waals surface area contributed by atoms with Gasteiger partial charge in [0, 0.05) is 5.02 Å². The van der Waals surface area contributed by atoms with Gasteiger partial charge >= 0.3 is 0 Å². The van der Waals surface area contributed by atoms with E-state index in [1.807, 2.05) is 6.07 Å². The largest absolute Gasteiger partial charge is 0.508 e. The number of thiol groups is 1. The van der Waals surface area contributed by atoms with Crippen LogP contribution in [0.3, 0.4) is 0 Å². The number of aryl methyl sites for hydroxylation is 1. The lowest BCUT2D eigenvalue weighted by atomic mass is 10.2. The van der Waals surface area contributed by atoms with Gasteiger partial charge in [-0.15, -0.1) is 0 Å². The van der Waals surface area contributed by atoms with Gasteiger partial charge in [0.2, 0.25) is 0 Å². The van der Waals surface area contributed by atoms with Crippen LogP contribution in [0.2, 0.25) is 5.02 Å². The van der Waals surface area contributed by atoms with Crippen molar-refractivity contribution in [2.24, 2.45) is 0 Å². The highest BCUT2D eigenvalue weighted by molar-refractivity contribution is 7.80. The lowest BCUT2D eigenvalue weighted by Gasteiger charge is -2.01. The molecule has 0 unspecified atom stereocenters. The van der Waals surface area contributed by atoms with Gasteiger partial charge in [0.1, 0.15) is 5.75 Å². The Morgan fingerprint density at radius 2 is 2.18 bits per heavy atom. The second kappa shape index (κ2) is 3.88. The van der Waals surface area contributed by atoms with Crippen molar-refractivity contribution in [1.82, 2.24) is 0 Å². The van der Waals surface area contributed by atoms with E-state index in [0.717, 1.165) is 17.7 Å². The average Bonchev–Trinajstić information content (AvgIpc) is 1.95. The second-order valence-corrected chi connectivity index (χ2v) is 3.10. The van der Waals surface area contributed by atoms with Crippen LogP contribution < -0.4 is 0 Å². The molecule has 0 bridgehead atoms. The van der Waals surface area contributed by atoms with E-state index in [1.54, 1.807) is 12.1 Å². The summed E-state index contributed by atoms with van der Waals surface area (Å²) in [6.45, 7) is 0. The summed E-state index contributed by atoms with van der Waals surface area (Å²) >= 11 is 9.90. The van der Waals surface area contributed by atoms with Crippen LogP contribution in [-0.4, -0.2) is 10.9 Å². The van der Waals surface area contributed by atoms with Crippen LogP contribution in [0, 0.1) is 0 Å². The Balaban J connectivity index is 2.90. The van der Waals surface area contributed by atoms with E-state index in [-0.39, 0.29) is 5.75 Å². The molecule has 1 rings (SSSR count). The van der Waals surface area contributed by atoms with E-state index < -0.39 is 0 Å². The molecule has 0 atom stereocenters. The van der Waals surface area contributed by atoms with Crippen molar-refractivity contribution in [2.75, 3.05) is 5.75 Å². The third kappa shape index (κ3) is 2.31. The molecule has 1 aromatic carbocycles. The van der Waals surface area contributed by atoms with Crippen molar-refractivity contribution >= 4 is 24.2 Å². The molecule has 0 aliphatic heterocycles. The third-order valence-corrected chi connectivity index (χ3v) is 1.99. The zero-order valence-electron chi connectivity index (χ0n) is 5.92. The Morgan fingerprint density at radius 3 is 2.73 bits per heavy atom. The zero-order valence-corrected chi connectivity index (χ0v) is 7.57. The maximum absolute atomic E-state index is 9.00. The molecule has 0 saturated heterocycles. The monoisotopic (exact) mass is 188 g/mol. The maximum Gasteiger partial charge on any atom is 0.117 e. The molecule has 0 spiro atoms. The predicted octanol–water partition coefficient (Wildman–Crippen LogP) is 2.52. The van der Waals surface area contributed by atoms with Gasteiger partial charge in [-0.25, -0.2) is 0 Å². The first-order valence-corrected chi connectivity index (χ1v) is 4.33. The fourth-order valence-corrected chi connectivity index (χ4v) is 1.37. The summed E-state index contributed by atoms with van der Waals surface area (Å²) < 4.78 is 0. The Hall–Kier alpha value is -0.340. The standard InChI is InChI=1S/C8H9ClOS/c9-8-5-7(10)2-1-6(8)3-4-11/h1-2,5,10-11H,3-4H2. The van der Waals surface area contributed by atoms with Gasteiger partial charge in [0.15, 0.2) is 0 Å². The summed E-state index contributed by atoms with van der Waals surface area (Å²) in [6, 6.07) is 4.98. The Labute approximate surface area is 76.4 Å². The van der Waals surface area contributed by atoms with Gasteiger partial charge in [-0.3, -0.25) is 0 Å². The highest BCUT2D eigenvalue weighted by Crippen LogP contribution is 2.21. The fraction of sp³-hybridized carbons (Fsp3) is 0.250. The Morgan fingerprint density at radius 1 is 1.45 bits per heavy atom. The van der Waals surface area contributed by atoms with Gasteiger partial charge in [0.05, 0.1) is 0 Å². The van der Waals surface area contributed by atoms with E-state index in [9.17, 15) is 0 Å². The summed E-state index contributed by atoms with van der Waals surface area (Å²) in [5.74, 6) is 0.975. The van der Waals surface area contributed by atoms with Gasteiger partial charge < -0.3 is 5.11 Å². The number of halogens is 1. The molecule has 0 aliphatic rings. The van der Waals surface area contributed by atoms with Crippen molar-refractivity contribution in [1.29, 1.82) is 0 Å². The number of phenols is 1. The van der Waals surface area contributed by atoms with Crippen LogP contribution in [0.5, 0.6) is 5.75 Å². The number of hydrogen-bond donors (Lipinski definition) is 2. The molecular formula is C8H9ClOS. The Bertz CT molecular complexity index is 250. The van der Waals surface area contributed by atoms with Crippen LogP contribution in [0.1, 0.15) is 5.56 Å². The number of benzene rings is 1. The molecule has 0 aromatic heterocycles. The van der Waals surface area contributed by atoms with E-state index in [2.05, 4.69) is 12.6 Å². The Kier molecular flexibility index (Phi) is 3.09. The molecule has 11 heavy (non-hydrogen) atoms. The summed E-state index contributed by atoms with van der Waals surface area (Å²) in [5.41, 5.74) is 1.03. The molecular weight excluding hydrogens is 180 g/mol. The maximum atomic E-state index is 9.00. The summed E-state index contributed by atoms with van der Waals surface area (Å²) in [6.07, 6.45) is 0.836. The quantitative estimate of drug-likeness (QED) is 0.684. The highest BCUT2D eigenvalue weighted by Gasteiger charge is 1.99. The van der Waals surface area contributed by atoms with Gasteiger partial charge in [-0.05, 0) is 29.9 Å². The summed E-state index contributed by atoms with van der Waals surface area (Å²) in [5, 5.41) is 9.61. The number of aromatic hydroxyl groups is 1. The molecule has 0 fully saturated rings. The van der Waals surface area contributed by atoms with Crippen LogP contribution in [-0.2, 0) is 6.42 Å². The van der Waals surface area contributed by atoms with E-state index in [4.69, 9.17) is 16.7 Å². The smallest absolute Gasteiger partial charge is 0.117 e. The molecule has 1 nitrogen and oxygen atoms in total. The molecule has 0 amide bonds. The highest BCUT2D eigenvalue weighted by atomic mass is 35.5. The first kappa shape index (κ1) is 8.75. The van der Waals surface area contributed by atoms with Crippen molar-refractivity contribution < 1.29 is 5.11 Å². The van der Waals surface area contributed by atoms with Crippen molar-refractivity contribution in [2.45, 2.75) is 6.42 Å². The zero-order chi connectivity index (χ0) is 8.27. The van der Waals surface area contributed by atoms with Crippen molar-refractivity contribution in [3.63, 3.8) is 0 Å². The lowest BCUT2D eigenvalue weighted by Crippen LogP contribution is -1.86. The summed E-state index contributed by atoms with van der Waals surface area (Å²) in [4.78, 5) is 0. The first-order valence-electron chi connectivity index (χ1n) is 3.32.